The molecule has 2 rings (SSSR count). The molecule has 1 aliphatic heterocycles. The van der Waals surface area contributed by atoms with E-state index in [-0.39, 0.29) is 5.60 Å². The summed E-state index contributed by atoms with van der Waals surface area (Å²) in [7, 11) is 0. The summed E-state index contributed by atoms with van der Waals surface area (Å²) in [5.74, 6) is 2.25. The summed E-state index contributed by atoms with van der Waals surface area (Å²) in [5, 5.41) is 3.77. The van der Waals surface area contributed by atoms with Crippen LogP contribution in [0, 0.1) is 0 Å². The number of thioether (sulfide) groups is 1. The molecule has 1 N–H and O–H groups in total. The molecule has 0 saturated heterocycles. The molecular weight excluding hydrogens is 254 g/mol. The lowest BCUT2D eigenvalue weighted by Gasteiger charge is -2.39. The van der Waals surface area contributed by atoms with Crippen LogP contribution in [0.1, 0.15) is 45.2 Å². The van der Waals surface area contributed by atoms with Gasteiger partial charge in [-0.05, 0) is 45.3 Å². The summed E-state index contributed by atoms with van der Waals surface area (Å²) >= 11 is 1.91. The highest BCUT2D eigenvalue weighted by atomic mass is 32.2. The van der Waals surface area contributed by atoms with Crippen molar-refractivity contribution in [1.82, 2.24) is 5.32 Å². The highest BCUT2D eigenvalue weighted by Gasteiger charge is 2.33. The Morgan fingerprint density at radius 1 is 1.42 bits per heavy atom. The molecule has 1 aliphatic rings. The van der Waals surface area contributed by atoms with E-state index in [1.807, 2.05) is 11.8 Å². The zero-order valence-electron chi connectivity index (χ0n) is 12.4. The second kappa shape index (κ2) is 6.19. The van der Waals surface area contributed by atoms with E-state index in [4.69, 9.17) is 4.74 Å². The van der Waals surface area contributed by atoms with Gasteiger partial charge >= 0.3 is 0 Å². The van der Waals surface area contributed by atoms with Crippen molar-refractivity contribution < 1.29 is 4.74 Å². The number of fused-ring (bicyclic) bond motifs is 1. The lowest BCUT2D eigenvalue weighted by Crippen LogP contribution is -2.42. The van der Waals surface area contributed by atoms with Gasteiger partial charge in [0, 0.05) is 24.1 Å². The maximum Gasteiger partial charge on any atom is 0.124 e. The molecule has 2 unspecified atom stereocenters. The molecule has 0 aliphatic carbocycles. The molecule has 0 bridgehead atoms. The molecule has 0 spiro atoms. The fourth-order valence-corrected chi connectivity index (χ4v) is 3.26. The van der Waals surface area contributed by atoms with Crippen LogP contribution < -0.4 is 10.1 Å². The molecule has 1 aromatic carbocycles. The van der Waals surface area contributed by atoms with Gasteiger partial charge in [0.2, 0.25) is 0 Å². The van der Waals surface area contributed by atoms with Crippen LogP contribution in [0.5, 0.6) is 5.75 Å². The van der Waals surface area contributed by atoms with Crippen LogP contribution in [0.2, 0.25) is 0 Å². The Kier molecular flexibility index (Phi) is 4.80. The number of nitrogens with one attached hydrogen (secondary N) is 1. The minimum atomic E-state index is -0.0920. The SMILES string of the molecule is CSCCC(C)NC1CC(C)(C)Oc2ccccc21. The van der Waals surface area contributed by atoms with Crippen LogP contribution in [0.4, 0.5) is 0 Å². The molecule has 0 saturated carbocycles. The van der Waals surface area contributed by atoms with Gasteiger partial charge in [-0.3, -0.25) is 0 Å². The third kappa shape index (κ3) is 3.90. The van der Waals surface area contributed by atoms with Gasteiger partial charge in [-0.2, -0.15) is 11.8 Å². The quantitative estimate of drug-likeness (QED) is 0.879. The Morgan fingerprint density at radius 3 is 2.89 bits per heavy atom. The Hall–Kier alpha value is -0.670. The smallest absolute Gasteiger partial charge is 0.124 e. The normalized spacial score (nSPS) is 22.4. The molecule has 2 nitrogen and oxygen atoms in total. The van der Waals surface area contributed by atoms with Crippen molar-refractivity contribution in [3.05, 3.63) is 29.8 Å². The molecule has 106 valence electrons. The Balaban J connectivity index is 2.11. The van der Waals surface area contributed by atoms with Gasteiger partial charge in [0.25, 0.3) is 0 Å². The van der Waals surface area contributed by atoms with E-state index < -0.39 is 0 Å². The van der Waals surface area contributed by atoms with E-state index in [1.165, 1.54) is 17.7 Å². The van der Waals surface area contributed by atoms with Crippen LogP contribution in [-0.2, 0) is 0 Å². The maximum absolute atomic E-state index is 6.07. The van der Waals surface area contributed by atoms with Crippen molar-refractivity contribution in [2.75, 3.05) is 12.0 Å². The Labute approximate surface area is 121 Å². The van der Waals surface area contributed by atoms with Gasteiger partial charge in [-0.15, -0.1) is 0 Å². The monoisotopic (exact) mass is 279 g/mol. The molecule has 1 heterocycles. The predicted octanol–water partition coefficient (Wildman–Crippen LogP) is 4.02. The molecule has 2 atom stereocenters. The summed E-state index contributed by atoms with van der Waals surface area (Å²) in [6, 6.07) is 9.35. The van der Waals surface area contributed by atoms with Crippen LogP contribution in [0.15, 0.2) is 24.3 Å². The van der Waals surface area contributed by atoms with E-state index in [1.54, 1.807) is 0 Å². The molecule has 0 amide bonds. The first-order valence-corrected chi connectivity index (χ1v) is 8.44. The van der Waals surface area contributed by atoms with E-state index in [9.17, 15) is 0 Å². The van der Waals surface area contributed by atoms with Crippen LogP contribution in [-0.4, -0.2) is 23.7 Å². The first-order chi connectivity index (χ1) is 9.02. The van der Waals surface area contributed by atoms with Gasteiger partial charge in [0.15, 0.2) is 0 Å². The zero-order chi connectivity index (χ0) is 13.9. The van der Waals surface area contributed by atoms with Crippen molar-refractivity contribution in [3.63, 3.8) is 0 Å². The van der Waals surface area contributed by atoms with E-state index in [0.29, 0.717) is 12.1 Å². The largest absolute Gasteiger partial charge is 0.487 e. The van der Waals surface area contributed by atoms with Crippen LogP contribution in [0.25, 0.3) is 0 Å². The minimum Gasteiger partial charge on any atom is -0.487 e. The third-order valence-electron chi connectivity index (χ3n) is 3.62. The topological polar surface area (TPSA) is 21.3 Å². The van der Waals surface area contributed by atoms with Crippen LogP contribution >= 0.6 is 11.8 Å². The van der Waals surface area contributed by atoms with Crippen LogP contribution in [0.3, 0.4) is 0 Å². The molecule has 0 fully saturated rings. The number of benzene rings is 1. The maximum atomic E-state index is 6.07. The number of rotatable bonds is 5. The van der Waals surface area contributed by atoms with Crippen molar-refractivity contribution in [2.24, 2.45) is 0 Å². The third-order valence-corrected chi connectivity index (χ3v) is 4.26. The summed E-state index contributed by atoms with van der Waals surface area (Å²) < 4.78 is 6.07. The average Bonchev–Trinajstić information content (AvgIpc) is 2.35. The lowest BCUT2D eigenvalue weighted by molar-refractivity contribution is 0.0640. The Morgan fingerprint density at radius 2 is 2.16 bits per heavy atom. The second-order valence-corrected chi connectivity index (χ2v) is 6.99. The van der Waals surface area contributed by atoms with Gasteiger partial charge in [0.1, 0.15) is 11.4 Å². The van der Waals surface area contributed by atoms with Crippen molar-refractivity contribution >= 4 is 11.8 Å². The van der Waals surface area contributed by atoms with Crippen molar-refractivity contribution in [1.29, 1.82) is 0 Å². The number of hydrogen-bond donors (Lipinski definition) is 1. The molecule has 1 aromatic rings. The zero-order valence-corrected chi connectivity index (χ0v) is 13.2. The summed E-state index contributed by atoms with van der Waals surface area (Å²) in [6.07, 6.45) is 4.40. The predicted molar refractivity (Wildman–Crippen MR) is 84.1 cm³/mol. The molecule has 19 heavy (non-hydrogen) atoms. The number of ether oxygens (including phenoxy) is 1. The standard InChI is InChI=1S/C16H25NOS/c1-12(9-10-19-4)17-14-11-16(2,3)18-15-8-6-5-7-13(14)15/h5-8,12,14,17H,9-11H2,1-4H3. The highest BCUT2D eigenvalue weighted by Crippen LogP contribution is 2.39. The first kappa shape index (κ1) is 14.7. The first-order valence-electron chi connectivity index (χ1n) is 7.05. The fraction of sp³-hybridized carbons (Fsp3) is 0.625. The van der Waals surface area contributed by atoms with Gasteiger partial charge in [-0.25, -0.2) is 0 Å². The lowest BCUT2D eigenvalue weighted by atomic mass is 9.89. The van der Waals surface area contributed by atoms with Crippen molar-refractivity contribution in [3.8, 4) is 5.75 Å². The van der Waals surface area contributed by atoms with E-state index >= 15 is 0 Å². The fourth-order valence-electron chi connectivity index (χ4n) is 2.67. The highest BCUT2D eigenvalue weighted by molar-refractivity contribution is 7.98. The Bertz CT molecular complexity index is 419. The van der Waals surface area contributed by atoms with E-state index in [2.05, 4.69) is 56.6 Å². The summed E-state index contributed by atoms with van der Waals surface area (Å²) in [5.41, 5.74) is 1.21. The number of hydrogen-bond acceptors (Lipinski definition) is 3. The second-order valence-electron chi connectivity index (χ2n) is 6.01. The molecule has 0 aromatic heterocycles. The van der Waals surface area contributed by atoms with Gasteiger partial charge in [0.05, 0.1) is 0 Å². The average molecular weight is 279 g/mol. The molecular formula is C16H25NOS. The minimum absolute atomic E-state index is 0.0920. The van der Waals surface area contributed by atoms with Gasteiger partial charge < -0.3 is 10.1 Å². The summed E-state index contributed by atoms with van der Waals surface area (Å²) in [4.78, 5) is 0. The van der Waals surface area contributed by atoms with Crippen molar-refractivity contribution in [2.45, 2.75) is 51.3 Å². The molecule has 3 heteroatoms. The number of para-hydroxylation sites is 1. The van der Waals surface area contributed by atoms with Gasteiger partial charge in [-0.1, -0.05) is 18.2 Å². The summed E-state index contributed by atoms with van der Waals surface area (Å²) in [6.45, 7) is 6.62. The molecule has 0 radical (unpaired) electrons. The van der Waals surface area contributed by atoms with E-state index in [0.717, 1.165) is 12.2 Å².